The van der Waals surface area contributed by atoms with E-state index in [4.69, 9.17) is 14.2 Å². The van der Waals surface area contributed by atoms with Crippen LogP contribution in [0.3, 0.4) is 0 Å². The zero-order valence-electron chi connectivity index (χ0n) is 10.7. The molecule has 0 saturated heterocycles. The van der Waals surface area contributed by atoms with Crippen LogP contribution < -0.4 is 0 Å². The Bertz CT molecular complexity index is 219. The van der Waals surface area contributed by atoms with Crippen molar-refractivity contribution in [2.24, 2.45) is 0 Å². The SMILES string of the molecule is C=C(COCCOCCCSC)C(=O)OCC. The van der Waals surface area contributed by atoms with Gasteiger partial charge in [-0.25, -0.2) is 4.79 Å². The molecule has 0 aromatic carbocycles. The molecule has 0 aliphatic rings. The van der Waals surface area contributed by atoms with Crippen molar-refractivity contribution in [1.82, 2.24) is 0 Å². The van der Waals surface area contributed by atoms with E-state index in [1.807, 2.05) is 11.8 Å². The Morgan fingerprint density at radius 3 is 2.59 bits per heavy atom. The van der Waals surface area contributed by atoms with Gasteiger partial charge in [-0.05, 0) is 25.4 Å². The molecule has 17 heavy (non-hydrogen) atoms. The van der Waals surface area contributed by atoms with Crippen molar-refractivity contribution in [3.63, 3.8) is 0 Å². The van der Waals surface area contributed by atoms with Crippen LogP contribution in [-0.4, -0.2) is 51.0 Å². The van der Waals surface area contributed by atoms with E-state index in [9.17, 15) is 4.79 Å². The zero-order chi connectivity index (χ0) is 12.9. The van der Waals surface area contributed by atoms with Gasteiger partial charge < -0.3 is 14.2 Å². The monoisotopic (exact) mass is 262 g/mol. The van der Waals surface area contributed by atoms with E-state index < -0.39 is 5.97 Å². The van der Waals surface area contributed by atoms with E-state index in [1.54, 1.807) is 6.92 Å². The van der Waals surface area contributed by atoms with Gasteiger partial charge in [-0.3, -0.25) is 0 Å². The molecule has 0 heterocycles. The average Bonchev–Trinajstić information content (AvgIpc) is 2.32. The summed E-state index contributed by atoms with van der Waals surface area (Å²) < 4.78 is 15.4. The summed E-state index contributed by atoms with van der Waals surface area (Å²) in [5, 5.41) is 0. The van der Waals surface area contributed by atoms with E-state index in [1.165, 1.54) is 0 Å². The fraction of sp³-hybridized carbons (Fsp3) is 0.750. The van der Waals surface area contributed by atoms with Crippen molar-refractivity contribution >= 4 is 17.7 Å². The van der Waals surface area contributed by atoms with Crippen LogP contribution in [0.5, 0.6) is 0 Å². The maximum atomic E-state index is 11.1. The van der Waals surface area contributed by atoms with Crippen LogP contribution in [0.25, 0.3) is 0 Å². The molecular formula is C12H22O4S. The van der Waals surface area contributed by atoms with Crippen LogP contribution in [-0.2, 0) is 19.0 Å². The van der Waals surface area contributed by atoms with Crippen molar-refractivity contribution in [3.8, 4) is 0 Å². The Morgan fingerprint density at radius 2 is 1.94 bits per heavy atom. The highest BCUT2D eigenvalue weighted by Crippen LogP contribution is 1.97. The number of rotatable bonds is 11. The average molecular weight is 262 g/mol. The Balaban J connectivity index is 3.27. The van der Waals surface area contributed by atoms with Crippen LogP contribution in [0.1, 0.15) is 13.3 Å². The summed E-state index contributed by atoms with van der Waals surface area (Å²) in [6, 6.07) is 0. The van der Waals surface area contributed by atoms with E-state index >= 15 is 0 Å². The summed E-state index contributed by atoms with van der Waals surface area (Å²) in [4.78, 5) is 11.1. The summed E-state index contributed by atoms with van der Waals surface area (Å²) in [6.07, 6.45) is 3.13. The molecule has 4 nitrogen and oxygen atoms in total. The first-order chi connectivity index (χ1) is 8.22. The molecule has 0 aliphatic heterocycles. The van der Waals surface area contributed by atoms with Crippen LogP contribution in [0, 0.1) is 0 Å². The Kier molecular flexibility index (Phi) is 11.6. The molecule has 0 spiro atoms. The lowest BCUT2D eigenvalue weighted by atomic mass is 10.3. The number of hydrogen-bond donors (Lipinski definition) is 0. The van der Waals surface area contributed by atoms with Crippen LogP contribution >= 0.6 is 11.8 Å². The smallest absolute Gasteiger partial charge is 0.335 e. The number of ether oxygens (including phenoxy) is 3. The molecule has 0 aromatic heterocycles. The molecule has 0 rings (SSSR count). The second kappa shape index (κ2) is 12.0. The first-order valence-electron chi connectivity index (χ1n) is 5.71. The van der Waals surface area contributed by atoms with Gasteiger partial charge in [0, 0.05) is 6.61 Å². The van der Waals surface area contributed by atoms with Crippen molar-refractivity contribution < 1.29 is 19.0 Å². The van der Waals surface area contributed by atoms with E-state index in [0.717, 1.165) is 18.8 Å². The maximum absolute atomic E-state index is 11.1. The summed E-state index contributed by atoms with van der Waals surface area (Å²) >= 11 is 1.81. The first kappa shape index (κ1) is 16.5. The maximum Gasteiger partial charge on any atom is 0.335 e. The van der Waals surface area contributed by atoms with Gasteiger partial charge in [0.1, 0.15) is 0 Å². The third-order valence-corrected chi connectivity index (χ3v) is 2.55. The second-order valence-corrected chi connectivity index (χ2v) is 4.32. The van der Waals surface area contributed by atoms with E-state index in [0.29, 0.717) is 25.4 Å². The highest BCUT2D eigenvalue weighted by atomic mass is 32.2. The van der Waals surface area contributed by atoms with Gasteiger partial charge in [0.2, 0.25) is 0 Å². The molecular weight excluding hydrogens is 240 g/mol. The molecule has 0 saturated carbocycles. The lowest BCUT2D eigenvalue weighted by Crippen LogP contribution is -2.13. The quantitative estimate of drug-likeness (QED) is 0.323. The van der Waals surface area contributed by atoms with Gasteiger partial charge >= 0.3 is 5.97 Å². The minimum absolute atomic E-state index is 0.201. The number of carbonyl (C=O) groups is 1. The summed E-state index contributed by atoms with van der Waals surface area (Å²) in [5.74, 6) is 0.717. The topological polar surface area (TPSA) is 44.8 Å². The molecule has 0 N–H and O–H groups in total. The summed E-state index contributed by atoms with van der Waals surface area (Å²) in [7, 11) is 0. The number of carbonyl (C=O) groups excluding carboxylic acids is 1. The fourth-order valence-electron chi connectivity index (χ4n) is 1.01. The number of thioether (sulfide) groups is 1. The third-order valence-electron chi connectivity index (χ3n) is 1.85. The molecule has 0 bridgehead atoms. The van der Waals surface area contributed by atoms with E-state index in [-0.39, 0.29) is 6.61 Å². The predicted octanol–water partition coefficient (Wildman–Crippen LogP) is 1.89. The molecule has 0 unspecified atom stereocenters. The van der Waals surface area contributed by atoms with Crippen LogP contribution in [0.4, 0.5) is 0 Å². The molecule has 5 heteroatoms. The third kappa shape index (κ3) is 10.4. The molecule has 0 radical (unpaired) electrons. The Hall–Kier alpha value is -0.520. The van der Waals surface area contributed by atoms with Crippen molar-refractivity contribution in [3.05, 3.63) is 12.2 Å². The molecule has 0 amide bonds. The van der Waals surface area contributed by atoms with Gasteiger partial charge in [0.25, 0.3) is 0 Å². The van der Waals surface area contributed by atoms with Gasteiger partial charge in [-0.2, -0.15) is 11.8 Å². The Labute approximate surface area is 108 Å². The highest BCUT2D eigenvalue weighted by Gasteiger charge is 2.06. The Morgan fingerprint density at radius 1 is 1.24 bits per heavy atom. The lowest BCUT2D eigenvalue weighted by molar-refractivity contribution is -0.139. The van der Waals surface area contributed by atoms with Crippen LogP contribution in [0.2, 0.25) is 0 Å². The normalized spacial score (nSPS) is 10.2. The van der Waals surface area contributed by atoms with Gasteiger partial charge in [0.05, 0.1) is 32.0 Å². The molecule has 0 fully saturated rings. The summed E-state index contributed by atoms with van der Waals surface area (Å²) in [6.45, 7) is 7.67. The van der Waals surface area contributed by atoms with Gasteiger partial charge in [0.15, 0.2) is 0 Å². The van der Waals surface area contributed by atoms with Crippen molar-refractivity contribution in [1.29, 1.82) is 0 Å². The van der Waals surface area contributed by atoms with Crippen LogP contribution in [0.15, 0.2) is 12.2 Å². The zero-order valence-corrected chi connectivity index (χ0v) is 11.5. The standard InChI is InChI=1S/C12H22O4S/c1-4-16-12(13)11(2)10-15-8-7-14-6-5-9-17-3/h2,4-10H2,1,3H3. The second-order valence-electron chi connectivity index (χ2n) is 3.34. The largest absolute Gasteiger partial charge is 0.463 e. The van der Waals surface area contributed by atoms with Gasteiger partial charge in [-0.1, -0.05) is 6.58 Å². The fourth-order valence-corrected chi connectivity index (χ4v) is 1.42. The minimum atomic E-state index is -0.395. The van der Waals surface area contributed by atoms with E-state index in [2.05, 4.69) is 12.8 Å². The molecule has 100 valence electrons. The molecule has 0 atom stereocenters. The number of hydrogen-bond acceptors (Lipinski definition) is 5. The lowest BCUT2D eigenvalue weighted by Gasteiger charge is -2.07. The van der Waals surface area contributed by atoms with Gasteiger partial charge in [-0.15, -0.1) is 0 Å². The first-order valence-corrected chi connectivity index (χ1v) is 7.11. The molecule has 0 aliphatic carbocycles. The number of esters is 1. The minimum Gasteiger partial charge on any atom is -0.463 e. The molecule has 0 aromatic rings. The predicted molar refractivity (Wildman–Crippen MR) is 70.4 cm³/mol. The van der Waals surface area contributed by atoms with Crippen molar-refractivity contribution in [2.75, 3.05) is 45.0 Å². The van der Waals surface area contributed by atoms with Crippen molar-refractivity contribution in [2.45, 2.75) is 13.3 Å². The highest BCUT2D eigenvalue weighted by molar-refractivity contribution is 7.98. The summed E-state index contributed by atoms with van der Waals surface area (Å²) in [5.41, 5.74) is 0.342.